The van der Waals surface area contributed by atoms with Crippen LogP contribution in [0.15, 0.2) is 53.5 Å². The second-order valence-electron chi connectivity index (χ2n) is 6.35. The van der Waals surface area contributed by atoms with Crippen LogP contribution in [0.2, 0.25) is 0 Å². The van der Waals surface area contributed by atoms with Gasteiger partial charge in [0.05, 0.1) is 6.10 Å². The third kappa shape index (κ3) is 2.83. The van der Waals surface area contributed by atoms with E-state index in [1.54, 1.807) is 24.3 Å². The first-order valence-electron chi connectivity index (χ1n) is 8.36. The van der Waals surface area contributed by atoms with E-state index in [-0.39, 0.29) is 11.0 Å². The first-order chi connectivity index (χ1) is 12.1. The first-order valence-corrected chi connectivity index (χ1v) is 8.36. The predicted octanol–water partition coefficient (Wildman–Crippen LogP) is 3.15. The van der Waals surface area contributed by atoms with Gasteiger partial charge in [-0.25, -0.2) is 0 Å². The fourth-order valence-electron chi connectivity index (χ4n) is 3.39. The molecule has 1 aliphatic carbocycles. The molecule has 0 saturated heterocycles. The van der Waals surface area contributed by atoms with E-state index in [1.807, 2.05) is 18.2 Å². The summed E-state index contributed by atoms with van der Waals surface area (Å²) in [6.45, 7) is 0. The molecule has 5 nitrogen and oxygen atoms in total. The average Bonchev–Trinajstić information content (AvgIpc) is 2.63. The summed E-state index contributed by atoms with van der Waals surface area (Å²) >= 11 is 0. The largest absolute Gasteiger partial charge is 0.388 e. The molecule has 0 aliphatic heterocycles. The van der Waals surface area contributed by atoms with E-state index < -0.39 is 12.0 Å². The lowest BCUT2D eigenvalue weighted by Crippen LogP contribution is -2.22. The lowest BCUT2D eigenvalue weighted by Gasteiger charge is -2.22. The summed E-state index contributed by atoms with van der Waals surface area (Å²) in [4.78, 5) is 28.0. The summed E-state index contributed by atoms with van der Waals surface area (Å²) < 4.78 is 0. The highest BCUT2D eigenvalue weighted by Gasteiger charge is 2.19. The average molecular weight is 334 g/mol. The number of benzene rings is 2. The quantitative estimate of drug-likeness (QED) is 0.673. The number of aliphatic hydroxyl groups is 1. The van der Waals surface area contributed by atoms with Crippen LogP contribution < -0.4 is 10.7 Å². The molecule has 1 aliphatic rings. The highest BCUT2D eigenvalue weighted by molar-refractivity contribution is 6.05. The minimum absolute atomic E-state index is 0.0666. The minimum Gasteiger partial charge on any atom is -0.388 e. The van der Waals surface area contributed by atoms with Crippen LogP contribution in [0.4, 0.5) is 5.69 Å². The molecule has 0 bridgehead atoms. The van der Waals surface area contributed by atoms with Crippen molar-refractivity contribution in [1.29, 1.82) is 0 Å². The van der Waals surface area contributed by atoms with Gasteiger partial charge in [0.1, 0.15) is 5.56 Å². The first kappa shape index (κ1) is 15.6. The number of rotatable bonds is 2. The summed E-state index contributed by atoms with van der Waals surface area (Å²) in [5.74, 6) is -0.461. The Morgan fingerprint density at radius 1 is 1.20 bits per heavy atom. The van der Waals surface area contributed by atoms with E-state index in [0.29, 0.717) is 16.6 Å². The molecule has 3 aromatic rings. The molecule has 1 amide bonds. The molecular formula is C20H18N2O3. The fourth-order valence-corrected chi connectivity index (χ4v) is 3.39. The van der Waals surface area contributed by atoms with Crippen LogP contribution >= 0.6 is 0 Å². The van der Waals surface area contributed by atoms with Gasteiger partial charge in [-0.3, -0.25) is 9.59 Å². The molecule has 0 unspecified atom stereocenters. The summed E-state index contributed by atoms with van der Waals surface area (Å²) in [5, 5.41) is 13.4. The number of amides is 1. The molecule has 5 heteroatoms. The lowest BCUT2D eigenvalue weighted by atomic mass is 9.89. The lowest BCUT2D eigenvalue weighted by molar-refractivity contribution is 0.102. The highest BCUT2D eigenvalue weighted by atomic mass is 16.3. The number of carbonyl (C=O) groups is 1. The second-order valence-corrected chi connectivity index (χ2v) is 6.35. The zero-order valence-electron chi connectivity index (χ0n) is 13.6. The van der Waals surface area contributed by atoms with E-state index in [9.17, 15) is 14.7 Å². The summed E-state index contributed by atoms with van der Waals surface area (Å²) in [5.41, 5.74) is 3.01. The van der Waals surface area contributed by atoms with Crippen molar-refractivity contribution < 1.29 is 9.90 Å². The molecule has 0 saturated carbocycles. The van der Waals surface area contributed by atoms with Crippen LogP contribution in [-0.2, 0) is 6.42 Å². The number of aliphatic hydroxyl groups excluding tert-OH is 1. The molecule has 3 N–H and O–H groups in total. The minimum atomic E-state index is -0.496. The van der Waals surface area contributed by atoms with Crippen molar-refractivity contribution in [3.8, 4) is 0 Å². The molecule has 1 heterocycles. The van der Waals surface area contributed by atoms with Gasteiger partial charge in [0.2, 0.25) is 5.43 Å². The number of fused-ring (bicyclic) bond motifs is 2. The van der Waals surface area contributed by atoms with Gasteiger partial charge in [-0.15, -0.1) is 0 Å². The molecule has 0 radical (unpaired) electrons. The van der Waals surface area contributed by atoms with Gasteiger partial charge in [-0.05, 0) is 54.7 Å². The number of para-hydroxylation sites is 1. The van der Waals surface area contributed by atoms with Crippen molar-refractivity contribution in [2.75, 3.05) is 5.32 Å². The fraction of sp³-hybridized carbons (Fsp3) is 0.200. The third-order valence-electron chi connectivity index (χ3n) is 4.72. The Kier molecular flexibility index (Phi) is 3.86. The summed E-state index contributed by atoms with van der Waals surface area (Å²) in [6, 6.07) is 12.6. The van der Waals surface area contributed by atoms with Gasteiger partial charge >= 0.3 is 0 Å². The van der Waals surface area contributed by atoms with Gasteiger partial charge in [-0.2, -0.15) is 0 Å². The van der Waals surface area contributed by atoms with Crippen molar-refractivity contribution in [2.45, 2.75) is 25.4 Å². The van der Waals surface area contributed by atoms with Gasteiger partial charge < -0.3 is 15.4 Å². The maximum atomic E-state index is 12.5. The zero-order valence-corrected chi connectivity index (χ0v) is 13.6. The van der Waals surface area contributed by atoms with Crippen LogP contribution in [0.1, 0.15) is 40.4 Å². The predicted molar refractivity (Wildman–Crippen MR) is 96.9 cm³/mol. The monoisotopic (exact) mass is 334 g/mol. The smallest absolute Gasteiger partial charge is 0.261 e. The molecule has 126 valence electrons. The Balaban J connectivity index is 1.66. The number of pyridine rings is 1. The van der Waals surface area contributed by atoms with Crippen LogP contribution in [0.25, 0.3) is 10.9 Å². The molecule has 4 rings (SSSR count). The second kappa shape index (κ2) is 6.18. The number of hydrogen-bond donors (Lipinski definition) is 3. The van der Waals surface area contributed by atoms with Crippen molar-refractivity contribution in [2.24, 2.45) is 0 Å². The molecular weight excluding hydrogens is 316 g/mol. The Hall–Kier alpha value is -2.92. The van der Waals surface area contributed by atoms with Crippen LogP contribution in [0, 0.1) is 0 Å². The van der Waals surface area contributed by atoms with Crippen molar-refractivity contribution >= 4 is 22.5 Å². The SMILES string of the molecule is O=C(Nc1ccc2c(c1)[C@H](O)CCC2)c1c[nH]c2ccccc2c1=O. The third-order valence-corrected chi connectivity index (χ3v) is 4.72. The topological polar surface area (TPSA) is 82.2 Å². The number of carbonyl (C=O) groups excluding carboxylic acids is 1. The van der Waals surface area contributed by atoms with E-state index >= 15 is 0 Å². The molecule has 25 heavy (non-hydrogen) atoms. The standard InChI is InChI=1S/C20H18N2O3/c23-18-7-3-4-12-8-9-13(10-15(12)18)22-20(25)16-11-21-17-6-2-1-5-14(17)19(16)24/h1-2,5-6,8-11,18,23H,3-4,7H2,(H,21,24)(H,22,25)/t18-/m1/s1. The van der Waals surface area contributed by atoms with E-state index in [0.717, 1.165) is 30.4 Å². The van der Waals surface area contributed by atoms with Crippen molar-refractivity contribution in [3.05, 3.63) is 75.6 Å². The van der Waals surface area contributed by atoms with Crippen molar-refractivity contribution in [1.82, 2.24) is 4.98 Å². The highest BCUT2D eigenvalue weighted by Crippen LogP contribution is 2.31. The maximum absolute atomic E-state index is 12.5. The normalized spacial score (nSPS) is 16.4. The van der Waals surface area contributed by atoms with Crippen molar-refractivity contribution in [3.63, 3.8) is 0 Å². The van der Waals surface area contributed by atoms with E-state index in [2.05, 4.69) is 10.3 Å². The zero-order chi connectivity index (χ0) is 17.4. The number of aromatic nitrogens is 1. The molecule has 1 aromatic heterocycles. The summed E-state index contributed by atoms with van der Waals surface area (Å²) in [7, 11) is 0. The van der Waals surface area contributed by atoms with Gasteiger partial charge in [-0.1, -0.05) is 18.2 Å². The Morgan fingerprint density at radius 3 is 2.92 bits per heavy atom. The van der Waals surface area contributed by atoms with Gasteiger partial charge in [0, 0.05) is 22.8 Å². The maximum Gasteiger partial charge on any atom is 0.261 e. The Morgan fingerprint density at radius 2 is 2.04 bits per heavy atom. The van der Waals surface area contributed by atoms with Crippen LogP contribution in [0.5, 0.6) is 0 Å². The Labute approximate surface area is 144 Å². The number of hydrogen-bond acceptors (Lipinski definition) is 3. The number of anilines is 1. The van der Waals surface area contributed by atoms with E-state index in [1.165, 1.54) is 6.20 Å². The number of H-pyrrole nitrogens is 1. The molecule has 1 atom stereocenters. The number of aromatic amines is 1. The molecule has 2 aromatic carbocycles. The van der Waals surface area contributed by atoms with E-state index in [4.69, 9.17) is 0 Å². The summed E-state index contributed by atoms with van der Waals surface area (Å²) in [6.07, 6.45) is 3.57. The number of aryl methyl sites for hydroxylation is 1. The molecule has 0 spiro atoms. The van der Waals surface area contributed by atoms with Crippen LogP contribution in [0.3, 0.4) is 0 Å². The number of nitrogens with one attached hydrogen (secondary N) is 2. The van der Waals surface area contributed by atoms with Gasteiger partial charge in [0.15, 0.2) is 0 Å². The Bertz CT molecular complexity index is 1020. The van der Waals surface area contributed by atoms with Gasteiger partial charge in [0.25, 0.3) is 5.91 Å². The molecule has 0 fully saturated rings. The van der Waals surface area contributed by atoms with Crippen LogP contribution in [-0.4, -0.2) is 16.0 Å².